The molecule has 0 aliphatic carbocycles. The van der Waals surface area contributed by atoms with Gasteiger partial charge >= 0.3 is 0 Å². The van der Waals surface area contributed by atoms with Gasteiger partial charge in [-0.2, -0.15) is 0 Å². The summed E-state index contributed by atoms with van der Waals surface area (Å²) in [5.41, 5.74) is 0. The molecule has 0 amide bonds. The Morgan fingerprint density at radius 1 is 0.200 bits per heavy atom. The third-order valence-electron chi connectivity index (χ3n) is 11.9. The first-order chi connectivity index (χ1) is 29.9. The van der Waals surface area contributed by atoms with Crippen LogP contribution in [-0.4, -0.2) is 11.5 Å². The van der Waals surface area contributed by atoms with Crippen LogP contribution in [0.5, 0.6) is 0 Å². The lowest BCUT2D eigenvalue weighted by molar-refractivity contribution is 0.536. The first kappa shape index (κ1) is 58.9. The molecule has 0 rings (SSSR count). The second-order valence-electron chi connectivity index (χ2n) is 18.0. The summed E-state index contributed by atoms with van der Waals surface area (Å²) in [6.07, 6.45) is 62.7. The third kappa shape index (κ3) is 56.9. The quantitative estimate of drug-likeness (QED) is 0.0340. The minimum atomic E-state index is 1.02. The van der Waals surface area contributed by atoms with Crippen LogP contribution in [-0.2, 0) is 0 Å². The fourth-order valence-electron chi connectivity index (χ4n) is 7.88. The van der Waals surface area contributed by atoms with Crippen molar-refractivity contribution in [3.05, 3.63) is 0 Å². The molecular weight excluding hydrogens is 761 g/mol. The van der Waals surface area contributed by atoms with Gasteiger partial charge in [0.15, 0.2) is 0 Å². The fourth-order valence-corrected chi connectivity index (χ4v) is 10.2. The molecule has 0 unspecified atom stereocenters. The second-order valence-corrected chi connectivity index (χ2v) is 20.7. The number of unbranched alkanes of at least 4 members (excludes halogenated alkanes) is 42. The van der Waals surface area contributed by atoms with Gasteiger partial charge in [-0.25, -0.2) is 0 Å². The van der Waals surface area contributed by atoms with Gasteiger partial charge in [-0.1, -0.05) is 290 Å². The number of hydrogen-bond donors (Lipinski definition) is 0. The molecule has 0 aromatic carbocycles. The van der Waals surface area contributed by atoms with Crippen LogP contribution in [0.15, 0.2) is 0 Å². The topological polar surface area (TPSA) is 0 Å². The summed E-state index contributed by atoms with van der Waals surface area (Å²) in [5, 5.41) is 0. The van der Waals surface area contributed by atoms with Crippen molar-refractivity contribution >= 4 is 21.6 Å². The molecule has 0 heterocycles. The maximum atomic E-state index is 3.28. The maximum Gasteiger partial charge on any atom is 0.00989 e. The Morgan fingerprint density at radius 2 is 0.367 bits per heavy atom. The molecule has 0 spiro atoms. The standard InChI is InChI=1S/C58H102S2/c1-3-5-7-9-11-13-15-17-19-21-23-25-27-29-31-33-35-37-39-41-43-45-47-49-51-53-55-57-59-60-58-56-54-52-50-48-46-44-42-40-38-36-34-32-30-28-26-24-22-20-18-16-14-12-10-8-6-4-2/h3-32,41-58H2,1-2H3. The molecule has 0 aliphatic heterocycles. The van der Waals surface area contributed by atoms with E-state index in [2.05, 4.69) is 82.8 Å². The Hall–Kier alpha value is -1.06. The van der Waals surface area contributed by atoms with Crippen molar-refractivity contribution < 1.29 is 0 Å². The zero-order chi connectivity index (χ0) is 43.0. The lowest BCUT2D eigenvalue weighted by Gasteiger charge is -2.03. The first-order valence-corrected chi connectivity index (χ1v) is 29.6. The zero-order valence-corrected chi connectivity index (χ0v) is 42.4. The minimum Gasteiger partial charge on any atom is -0.0942 e. The molecule has 0 atom stereocenters. The van der Waals surface area contributed by atoms with Gasteiger partial charge < -0.3 is 0 Å². The highest BCUT2D eigenvalue weighted by Crippen LogP contribution is 2.25. The number of hydrogen-bond acceptors (Lipinski definition) is 2. The fraction of sp³-hybridized carbons (Fsp3) is 0.862. The molecule has 0 aromatic rings. The normalized spacial score (nSPS) is 10.6. The average Bonchev–Trinajstić information content (AvgIpc) is 3.26. The van der Waals surface area contributed by atoms with Crippen LogP contribution in [0, 0.1) is 47.4 Å². The van der Waals surface area contributed by atoms with Crippen molar-refractivity contribution in [2.75, 3.05) is 11.5 Å². The average molecular weight is 864 g/mol. The van der Waals surface area contributed by atoms with Crippen molar-refractivity contribution in [2.45, 2.75) is 309 Å². The highest BCUT2D eigenvalue weighted by molar-refractivity contribution is 8.76. The van der Waals surface area contributed by atoms with Gasteiger partial charge in [0.1, 0.15) is 0 Å². The molecular formula is C58H102S2. The van der Waals surface area contributed by atoms with E-state index in [9.17, 15) is 0 Å². The Balaban J connectivity index is 3.24. The molecule has 2 heteroatoms. The van der Waals surface area contributed by atoms with E-state index in [4.69, 9.17) is 0 Å². The predicted octanol–water partition coefficient (Wildman–Crippen LogP) is 20.4. The van der Waals surface area contributed by atoms with Crippen molar-refractivity contribution in [2.24, 2.45) is 0 Å². The van der Waals surface area contributed by atoms with E-state index in [-0.39, 0.29) is 0 Å². The van der Waals surface area contributed by atoms with E-state index in [1.54, 1.807) is 0 Å². The van der Waals surface area contributed by atoms with E-state index < -0.39 is 0 Å². The molecule has 0 bridgehead atoms. The Morgan fingerprint density at radius 3 is 0.567 bits per heavy atom. The van der Waals surface area contributed by atoms with Crippen molar-refractivity contribution in [1.82, 2.24) is 0 Å². The van der Waals surface area contributed by atoms with Gasteiger partial charge in [0, 0.05) is 37.2 Å². The smallest absolute Gasteiger partial charge is 0.00989 e. The van der Waals surface area contributed by atoms with Crippen molar-refractivity contribution in [3.63, 3.8) is 0 Å². The van der Waals surface area contributed by atoms with Gasteiger partial charge in [0.2, 0.25) is 0 Å². The molecule has 0 N–H and O–H groups in total. The third-order valence-corrected chi connectivity index (χ3v) is 14.5. The minimum absolute atomic E-state index is 1.02. The molecule has 60 heavy (non-hydrogen) atoms. The molecule has 0 fully saturated rings. The van der Waals surface area contributed by atoms with Crippen LogP contribution in [0.3, 0.4) is 0 Å². The van der Waals surface area contributed by atoms with Gasteiger partial charge in [0.05, 0.1) is 0 Å². The second kappa shape index (κ2) is 57.9. The molecule has 0 saturated heterocycles. The van der Waals surface area contributed by atoms with Crippen molar-refractivity contribution in [3.8, 4) is 47.4 Å². The Bertz CT molecular complexity index is 975. The van der Waals surface area contributed by atoms with E-state index >= 15 is 0 Å². The van der Waals surface area contributed by atoms with Crippen LogP contribution in [0.4, 0.5) is 0 Å². The van der Waals surface area contributed by atoms with Gasteiger partial charge in [0.25, 0.3) is 0 Å². The summed E-state index contributed by atoms with van der Waals surface area (Å²) < 4.78 is 0. The molecule has 0 nitrogen and oxygen atoms in total. The first-order valence-electron chi connectivity index (χ1n) is 27.1. The predicted molar refractivity (Wildman–Crippen MR) is 280 cm³/mol. The summed E-state index contributed by atoms with van der Waals surface area (Å²) in [5.74, 6) is 28.1. The molecule has 0 aliphatic rings. The zero-order valence-electron chi connectivity index (χ0n) is 40.8. The van der Waals surface area contributed by atoms with Gasteiger partial charge in [-0.3, -0.25) is 0 Å². The SMILES string of the molecule is CCCCCCCCCCCCCCCCC#CC#CCCCCCCCCCSSCCCCCCCCCC#CC#CCCCCCCCCCCCCCCCC. The van der Waals surface area contributed by atoms with Gasteiger partial charge in [-0.15, -0.1) is 0 Å². The Labute approximate surface area is 387 Å². The lowest BCUT2D eigenvalue weighted by atomic mass is 10.0. The van der Waals surface area contributed by atoms with Gasteiger partial charge in [-0.05, 0) is 62.2 Å². The molecule has 0 aromatic heterocycles. The monoisotopic (exact) mass is 863 g/mol. The molecule has 346 valence electrons. The van der Waals surface area contributed by atoms with E-state index in [1.165, 1.54) is 281 Å². The summed E-state index contributed by atoms with van der Waals surface area (Å²) in [6, 6.07) is 0. The van der Waals surface area contributed by atoms with E-state index in [0.717, 1.165) is 25.7 Å². The van der Waals surface area contributed by atoms with Crippen LogP contribution in [0.2, 0.25) is 0 Å². The van der Waals surface area contributed by atoms with Crippen LogP contribution >= 0.6 is 21.6 Å². The summed E-state index contributed by atoms with van der Waals surface area (Å²) >= 11 is 0. The molecule has 0 saturated carbocycles. The van der Waals surface area contributed by atoms with Crippen molar-refractivity contribution in [1.29, 1.82) is 0 Å². The van der Waals surface area contributed by atoms with E-state index in [0.29, 0.717) is 0 Å². The van der Waals surface area contributed by atoms with Crippen LogP contribution < -0.4 is 0 Å². The largest absolute Gasteiger partial charge is 0.0942 e. The summed E-state index contributed by atoms with van der Waals surface area (Å²) in [4.78, 5) is 0. The summed E-state index contributed by atoms with van der Waals surface area (Å²) in [6.45, 7) is 4.60. The highest BCUT2D eigenvalue weighted by atomic mass is 33.1. The Kier molecular flexibility index (Phi) is 56.9. The molecule has 0 radical (unpaired) electrons. The highest BCUT2D eigenvalue weighted by Gasteiger charge is 1.98. The lowest BCUT2D eigenvalue weighted by Crippen LogP contribution is -1.84. The van der Waals surface area contributed by atoms with Crippen LogP contribution in [0.1, 0.15) is 309 Å². The van der Waals surface area contributed by atoms with Crippen LogP contribution in [0.25, 0.3) is 0 Å². The number of rotatable bonds is 47. The summed E-state index contributed by atoms with van der Waals surface area (Å²) in [7, 11) is 4.22. The maximum absolute atomic E-state index is 3.28. The van der Waals surface area contributed by atoms with E-state index in [1.807, 2.05) is 0 Å².